The number of hydrogen-bond donors (Lipinski definition) is 2. The van der Waals surface area contributed by atoms with E-state index in [1.54, 1.807) is 35.1 Å². The molecule has 2 aromatic heterocycles. The number of benzene rings is 1. The number of aryl methyl sites for hydroxylation is 1. The fourth-order valence-corrected chi connectivity index (χ4v) is 2.29. The van der Waals surface area contributed by atoms with Gasteiger partial charge in [-0.05, 0) is 18.6 Å². The number of anilines is 1. The van der Waals surface area contributed by atoms with E-state index in [9.17, 15) is 4.79 Å². The Bertz CT molecular complexity index is 800. The quantitative estimate of drug-likeness (QED) is 0.637. The molecule has 2 heterocycles. The molecule has 0 bridgehead atoms. The van der Waals surface area contributed by atoms with E-state index in [-0.39, 0.29) is 6.03 Å². The number of carbonyl (C=O) groups excluding carboxylic acids is 1. The van der Waals surface area contributed by atoms with Gasteiger partial charge in [0.05, 0.1) is 12.8 Å². The summed E-state index contributed by atoms with van der Waals surface area (Å²) in [6.45, 7) is 1.23. The average molecular weight is 341 g/mol. The molecule has 1 aromatic carbocycles. The van der Waals surface area contributed by atoms with Crippen LogP contribution in [0, 0.1) is 0 Å². The zero-order valence-corrected chi connectivity index (χ0v) is 13.8. The van der Waals surface area contributed by atoms with Gasteiger partial charge in [-0.3, -0.25) is 4.68 Å². The Balaban J connectivity index is 1.56. The molecule has 2 N–H and O–H groups in total. The predicted octanol–water partition coefficient (Wildman–Crippen LogP) is 1.68. The zero-order valence-electron chi connectivity index (χ0n) is 13.8. The highest BCUT2D eigenvalue weighted by Crippen LogP contribution is 2.23. The van der Waals surface area contributed by atoms with E-state index < -0.39 is 0 Å². The van der Waals surface area contributed by atoms with Crippen molar-refractivity contribution in [3.8, 4) is 11.4 Å². The highest BCUT2D eigenvalue weighted by atomic mass is 16.5. The van der Waals surface area contributed by atoms with Crippen molar-refractivity contribution >= 4 is 11.7 Å². The third-order valence-electron chi connectivity index (χ3n) is 3.47. The van der Waals surface area contributed by atoms with Gasteiger partial charge in [0.2, 0.25) is 0 Å². The number of hydrogen-bond acceptors (Lipinski definition) is 5. The van der Waals surface area contributed by atoms with Gasteiger partial charge in [0, 0.05) is 43.3 Å². The maximum absolute atomic E-state index is 12.1. The Hall–Kier alpha value is -3.36. The summed E-state index contributed by atoms with van der Waals surface area (Å²) in [6, 6.07) is 6.97. The molecular weight excluding hydrogens is 322 g/mol. The minimum Gasteiger partial charge on any atom is -0.497 e. The van der Waals surface area contributed by atoms with E-state index in [1.807, 2.05) is 24.4 Å². The van der Waals surface area contributed by atoms with Gasteiger partial charge in [0.15, 0.2) is 0 Å². The van der Waals surface area contributed by atoms with Gasteiger partial charge in [0.25, 0.3) is 0 Å². The highest BCUT2D eigenvalue weighted by molar-refractivity contribution is 5.89. The molecule has 3 aromatic rings. The van der Waals surface area contributed by atoms with Crippen LogP contribution in [0.2, 0.25) is 0 Å². The molecule has 0 atom stereocenters. The van der Waals surface area contributed by atoms with Crippen LogP contribution >= 0.6 is 0 Å². The molecule has 2 amide bonds. The third-order valence-corrected chi connectivity index (χ3v) is 3.47. The molecule has 130 valence electrons. The second-order valence-corrected chi connectivity index (χ2v) is 5.26. The van der Waals surface area contributed by atoms with Crippen LogP contribution in [0.5, 0.6) is 5.75 Å². The lowest BCUT2D eigenvalue weighted by Crippen LogP contribution is -2.30. The number of carbonyl (C=O) groups is 1. The van der Waals surface area contributed by atoms with E-state index in [2.05, 4.69) is 25.8 Å². The zero-order chi connectivity index (χ0) is 17.5. The molecule has 0 aliphatic rings. The normalized spacial score (nSPS) is 10.4. The molecule has 0 aliphatic heterocycles. The van der Waals surface area contributed by atoms with E-state index in [4.69, 9.17) is 4.74 Å². The molecule has 0 aliphatic carbocycles. The summed E-state index contributed by atoms with van der Waals surface area (Å²) in [6.07, 6.45) is 7.40. The van der Waals surface area contributed by atoms with E-state index in [0.29, 0.717) is 24.5 Å². The maximum Gasteiger partial charge on any atom is 0.319 e. The van der Waals surface area contributed by atoms with Crippen molar-refractivity contribution < 1.29 is 9.53 Å². The van der Waals surface area contributed by atoms with Crippen LogP contribution in [-0.2, 0) is 6.54 Å². The summed E-state index contributed by atoms with van der Waals surface area (Å²) in [7, 11) is 1.58. The SMILES string of the molecule is COc1cc(NC(=O)NCCCn2cncn2)cc(-n2cccn2)c1. The number of aromatic nitrogens is 5. The van der Waals surface area contributed by atoms with Crippen molar-refractivity contribution in [2.75, 3.05) is 19.0 Å². The van der Waals surface area contributed by atoms with Crippen molar-refractivity contribution in [3.05, 3.63) is 49.3 Å². The summed E-state index contributed by atoms with van der Waals surface area (Å²) >= 11 is 0. The number of nitrogens with zero attached hydrogens (tertiary/aromatic N) is 5. The molecule has 0 unspecified atom stereocenters. The van der Waals surface area contributed by atoms with Crippen molar-refractivity contribution in [2.24, 2.45) is 0 Å². The summed E-state index contributed by atoms with van der Waals surface area (Å²) in [5.41, 5.74) is 1.42. The molecule has 0 radical (unpaired) electrons. The first-order valence-corrected chi connectivity index (χ1v) is 7.81. The topological polar surface area (TPSA) is 98.9 Å². The van der Waals surface area contributed by atoms with Gasteiger partial charge in [-0.15, -0.1) is 0 Å². The molecular formula is C16H19N7O2. The Kier molecular flexibility index (Phi) is 5.25. The molecule has 9 heteroatoms. The van der Waals surface area contributed by atoms with Crippen LogP contribution in [0.15, 0.2) is 49.3 Å². The molecule has 25 heavy (non-hydrogen) atoms. The third kappa shape index (κ3) is 4.56. The monoisotopic (exact) mass is 341 g/mol. The Morgan fingerprint density at radius 1 is 1.28 bits per heavy atom. The van der Waals surface area contributed by atoms with Gasteiger partial charge >= 0.3 is 6.03 Å². The first-order chi connectivity index (χ1) is 12.2. The molecule has 0 spiro atoms. The van der Waals surface area contributed by atoms with Crippen LogP contribution < -0.4 is 15.4 Å². The lowest BCUT2D eigenvalue weighted by Gasteiger charge is -2.11. The summed E-state index contributed by atoms with van der Waals surface area (Å²) in [4.78, 5) is 15.9. The van der Waals surface area contributed by atoms with Crippen LogP contribution in [0.3, 0.4) is 0 Å². The van der Waals surface area contributed by atoms with Gasteiger partial charge in [-0.2, -0.15) is 10.2 Å². The lowest BCUT2D eigenvalue weighted by atomic mass is 10.2. The Labute approximate surface area is 144 Å². The fourth-order valence-electron chi connectivity index (χ4n) is 2.29. The fraction of sp³-hybridized carbons (Fsp3) is 0.250. The van der Waals surface area contributed by atoms with Crippen molar-refractivity contribution in [2.45, 2.75) is 13.0 Å². The van der Waals surface area contributed by atoms with Gasteiger partial charge in [-0.1, -0.05) is 0 Å². The predicted molar refractivity (Wildman–Crippen MR) is 91.8 cm³/mol. The van der Waals surface area contributed by atoms with Crippen LogP contribution in [-0.4, -0.2) is 44.2 Å². The molecule has 0 saturated heterocycles. The van der Waals surface area contributed by atoms with Crippen LogP contribution in [0.4, 0.5) is 10.5 Å². The van der Waals surface area contributed by atoms with Gasteiger partial charge in [0.1, 0.15) is 18.4 Å². The molecule has 0 saturated carbocycles. The first kappa shape index (κ1) is 16.5. The largest absolute Gasteiger partial charge is 0.497 e. The second-order valence-electron chi connectivity index (χ2n) is 5.26. The van der Waals surface area contributed by atoms with E-state index in [1.165, 1.54) is 6.33 Å². The smallest absolute Gasteiger partial charge is 0.319 e. The van der Waals surface area contributed by atoms with Gasteiger partial charge in [-0.25, -0.2) is 14.5 Å². The maximum atomic E-state index is 12.1. The van der Waals surface area contributed by atoms with Crippen LogP contribution in [0.1, 0.15) is 6.42 Å². The van der Waals surface area contributed by atoms with E-state index >= 15 is 0 Å². The minimum atomic E-state index is -0.279. The number of urea groups is 1. The van der Waals surface area contributed by atoms with E-state index in [0.717, 1.165) is 12.1 Å². The standard InChI is InChI=1S/C16H19N7O2/c1-25-15-9-13(8-14(10-15)23-7-3-5-19-23)21-16(24)18-4-2-6-22-12-17-11-20-22/h3,5,7-12H,2,4,6H2,1H3,(H2,18,21,24). The number of rotatable bonds is 7. The second kappa shape index (κ2) is 7.95. The Morgan fingerprint density at radius 3 is 2.92 bits per heavy atom. The highest BCUT2D eigenvalue weighted by Gasteiger charge is 2.07. The summed E-state index contributed by atoms with van der Waals surface area (Å²) in [5, 5.41) is 13.8. The van der Waals surface area contributed by atoms with Crippen molar-refractivity contribution in [1.82, 2.24) is 29.9 Å². The van der Waals surface area contributed by atoms with Crippen molar-refractivity contribution in [1.29, 1.82) is 0 Å². The lowest BCUT2D eigenvalue weighted by molar-refractivity contribution is 0.251. The first-order valence-electron chi connectivity index (χ1n) is 7.81. The molecule has 0 fully saturated rings. The summed E-state index contributed by atoms with van der Waals surface area (Å²) in [5.74, 6) is 0.634. The average Bonchev–Trinajstić information content (AvgIpc) is 3.32. The molecule has 9 nitrogen and oxygen atoms in total. The Morgan fingerprint density at radius 2 is 2.20 bits per heavy atom. The number of ether oxygens (including phenoxy) is 1. The van der Waals surface area contributed by atoms with Crippen molar-refractivity contribution in [3.63, 3.8) is 0 Å². The number of methoxy groups -OCH3 is 1. The van der Waals surface area contributed by atoms with Crippen LogP contribution in [0.25, 0.3) is 5.69 Å². The van der Waals surface area contributed by atoms with Gasteiger partial charge < -0.3 is 15.4 Å². The summed E-state index contributed by atoms with van der Waals surface area (Å²) < 4.78 is 8.70. The minimum absolute atomic E-state index is 0.279. The molecule has 3 rings (SSSR count). The number of nitrogens with one attached hydrogen (secondary N) is 2. The number of amides is 2.